The maximum atomic E-state index is 13.1. The second-order valence-electron chi connectivity index (χ2n) is 7.61. The second kappa shape index (κ2) is 11.5. The van der Waals surface area contributed by atoms with Crippen LogP contribution in [0.4, 0.5) is 0 Å². The van der Waals surface area contributed by atoms with Gasteiger partial charge in [-0.05, 0) is 25.2 Å². The number of rotatable bonds is 11. The van der Waals surface area contributed by atoms with E-state index in [-0.39, 0.29) is 25.3 Å². The Hall–Kier alpha value is -2.73. The van der Waals surface area contributed by atoms with Crippen molar-refractivity contribution in [3.8, 4) is 0 Å². The van der Waals surface area contributed by atoms with Crippen molar-refractivity contribution in [3.05, 3.63) is 0 Å². The predicted molar refractivity (Wildman–Crippen MR) is 105 cm³/mol. The molecule has 1 saturated heterocycles. The first-order chi connectivity index (χ1) is 14.0. The number of aliphatic hydroxyl groups is 1. The molecule has 170 valence electrons. The van der Waals surface area contributed by atoms with E-state index in [1.54, 1.807) is 13.8 Å². The molecule has 8 N–H and O–H groups in total. The van der Waals surface area contributed by atoms with Crippen LogP contribution in [0.1, 0.15) is 39.5 Å². The summed E-state index contributed by atoms with van der Waals surface area (Å²) in [7, 11) is 0. The van der Waals surface area contributed by atoms with Crippen molar-refractivity contribution < 1.29 is 34.2 Å². The second-order valence-corrected chi connectivity index (χ2v) is 7.61. The van der Waals surface area contributed by atoms with Gasteiger partial charge in [0.1, 0.15) is 18.1 Å². The number of nitrogens with one attached hydrogen (secondary N) is 2. The molecular formula is C18H31N5O7. The third-order valence-electron chi connectivity index (χ3n) is 4.90. The lowest BCUT2D eigenvalue weighted by molar-refractivity contribution is -0.146. The van der Waals surface area contributed by atoms with E-state index >= 15 is 0 Å². The Bertz CT molecular complexity index is 669. The molecule has 0 bridgehead atoms. The van der Waals surface area contributed by atoms with Crippen LogP contribution >= 0.6 is 0 Å². The zero-order valence-corrected chi connectivity index (χ0v) is 17.2. The quantitative estimate of drug-likeness (QED) is 0.203. The summed E-state index contributed by atoms with van der Waals surface area (Å²) in [4.78, 5) is 61.1. The molecule has 1 rings (SSSR count). The van der Waals surface area contributed by atoms with Crippen LogP contribution in [0.2, 0.25) is 0 Å². The lowest BCUT2D eigenvalue weighted by atomic mass is 10.0. The van der Waals surface area contributed by atoms with Crippen molar-refractivity contribution >= 4 is 29.6 Å². The van der Waals surface area contributed by atoms with E-state index in [4.69, 9.17) is 21.7 Å². The third-order valence-corrected chi connectivity index (χ3v) is 4.90. The van der Waals surface area contributed by atoms with Gasteiger partial charge >= 0.3 is 5.97 Å². The fourth-order valence-corrected chi connectivity index (χ4v) is 3.14. The summed E-state index contributed by atoms with van der Waals surface area (Å²) in [6.07, 6.45) is 0.815. The molecule has 1 heterocycles. The highest BCUT2D eigenvalue weighted by Crippen LogP contribution is 2.20. The van der Waals surface area contributed by atoms with Crippen molar-refractivity contribution in [1.29, 1.82) is 0 Å². The van der Waals surface area contributed by atoms with Crippen molar-refractivity contribution in [1.82, 2.24) is 15.5 Å². The number of carbonyl (C=O) groups excluding carboxylic acids is 4. The number of carbonyl (C=O) groups is 5. The Morgan fingerprint density at radius 2 is 1.80 bits per heavy atom. The zero-order chi connectivity index (χ0) is 23.0. The molecule has 0 aromatic rings. The van der Waals surface area contributed by atoms with Gasteiger partial charge in [-0.2, -0.15) is 0 Å². The van der Waals surface area contributed by atoms with Crippen LogP contribution in [0.5, 0.6) is 0 Å². The molecular weight excluding hydrogens is 398 g/mol. The minimum atomic E-state index is -1.47. The van der Waals surface area contributed by atoms with Gasteiger partial charge in [-0.25, -0.2) is 4.79 Å². The molecule has 1 aliphatic rings. The largest absolute Gasteiger partial charge is 0.480 e. The van der Waals surface area contributed by atoms with E-state index in [1.165, 1.54) is 4.90 Å². The SMILES string of the molecule is CC(C)C(NC(=O)C(N)CCC(N)=O)C(=O)N1CCCC1C(=O)NC(CO)C(=O)O. The average molecular weight is 429 g/mol. The molecule has 0 radical (unpaired) electrons. The van der Waals surface area contributed by atoms with Gasteiger partial charge in [0.25, 0.3) is 0 Å². The first-order valence-corrected chi connectivity index (χ1v) is 9.78. The van der Waals surface area contributed by atoms with E-state index in [1.807, 2.05) is 0 Å². The van der Waals surface area contributed by atoms with Gasteiger partial charge in [-0.3, -0.25) is 19.2 Å². The number of likely N-dealkylation sites (tertiary alicyclic amines) is 1. The summed E-state index contributed by atoms with van der Waals surface area (Å²) < 4.78 is 0. The van der Waals surface area contributed by atoms with E-state index in [2.05, 4.69) is 10.6 Å². The fourth-order valence-electron chi connectivity index (χ4n) is 3.14. The Kier molecular flexibility index (Phi) is 9.66. The van der Waals surface area contributed by atoms with Crippen LogP contribution in [0.15, 0.2) is 0 Å². The number of hydrogen-bond donors (Lipinski definition) is 6. The van der Waals surface area contributed by atoms with E-state index < -0.39 is 60.4 Å². The molecule has 0 saturated carbocycles. The van der Waals surface area contributed by atoms with Crippen LogP contribution in [-0.2, 0) is 24.0 Å². The summed E-state index contributed by atoms with van der Waals surface area (Å²) in [5.41, 5.74) is 10.8. The normalized spacial score (nSPS) is 19.1. The highest BCUT2D eigenvalue weighted by molar-refractivity contribution is 5.94. The summed E-state index contributed by atoms with van der Waals surface area (Å²) in [6.45, 7) is 2.92. The zero-order valence-electron chi connectivity index (χ0n) is 17.2. The van der Waals surface area contributed by atoms with Crippen molar-refractivity contribution in [3.63, 3.8) is 0 Å². The topological polar surface area (TPSA) is 205 Å². The Balaban J connectivity index is 2.86. The van der Waals surface area contributed by atoms with Crippen LogP contribution in [0.3, 0.4) is 0 Å². The summed E-state index contributed by atoms with van der Waals surface area (Å²) >= 11 is 0. The molecule has 0 aliphatic carbocycles. The maximum absolute atomic E-state index is 13.1. The molecule has 4 amide bonds. The number of aliphatic hydroxyl groups excluding tert-OH is 1. The molecule has 0 spiro atoms. The Labute approximate surface area is 174 Å². The van der Waals surface area contributed by atoms with Crippen molar-refractivity contribution in [2.45, 2.75) is 63.7 Å². The van der Waals surface area contributed by atoms with Gasteiger partial charge in [-0.1, -0.05) is 13.8 Å². The van der Waals surface area contributed by atoms with Gasteiger partial charge in [0, 0.05) is 13.0 Å². The van der Waals surface area contributed by atoms with Crippen molar-refractivity contribution in [2.75, 3.05) is 13.2 Å². The lowest BCUT2D eigenvalue weighted by Crippen LogP contribution is -2.58. The van der Waals surface area contributed by atoms with Gasteiger partial charge in [-0.15, -0.1) is 0 Å². The minimum Gasteiger partial charge on any atom is -0.480 e. The Morgan fingerprint density at radius 3 is 2.30 bits per heavy atom. The highest BCUT2D eigenvalue weighted by Gasteiger charge is 2.39. The first-order valence-electron chi connectivity index (χ1n) is 9.78. The fraction of sp³-hybridized carbons (Fsp3) is 0.722. The summed E-state index contributed by atoms with van der Waals surface area (Å²) in [6, 6.07) is -4.37. The van der Waals surface area contributed by atoms with Gasteiger partial charge in [0.15, 0.2) is 0 Å². The van der Waals surface area contributed by atoms with Gasteiger partial charge in [0.2, 0.25) is 23.6 Å². The molecule has 0 aromatic heterocycles. The molecule has 4 atom stereocenters. The molecule has 30 heavy (non-hydrogen) atoms. The monoisotopic (exact) mass is 429 g/mol. The molecule has 4 unspecified atom stereocenters. The Morgan fingerprint density at radius 1 is 1.17 bits per heavy atom. The average Bonchev–Trinajstić information content (AvgIpc) is 3.16. The number of carboxylic acid groups (broad SMARTS) is 1. The third kappa shape index (κ3) is 6.95. The number of aliphatic carboxylic acids is 1. The van der Waals surface area contributed by atoms with Crippen LogP contribution < -0.4 is 22.1 Å². The number of hydrogen-bond acceptors (Lipinski definition) is 7. The molecule has 12 heteroatoms. The number of primary amides is 1. The van der Waals surface area contributed by atoms with Crippen LogP contribution in [0.25, 0.3) is 0 Å². The number of carboxylic acids is 1. The number of amides is 4. The van der Waals surface area contributed by atoms with Crippen molar-refractivity contribution in [2.24, 2.45) is 17.4 Å². The van der Waals surface area contributed by atoms with E-state index in [9.17, 15) is 24.0 Å². The molecule has 12 nitrogen and oxygen atoms in total. The highest BCUT2D eigenvalue weighted by atomic mass is 16.4. The summed E-state index contributed by atoms with van der Waals surface area (Å²) in [5, 5.41) is 22.9. The molecule has 1 aliphatic heterocycles. The van der Waals surface area contributed by atoms with E-state index in [0.717, 1.165) is 0 Å². The molecule has 0 aromatic carbocycles. The van der Waals surface area contributed by atoms with Gasteiger partial charge in [0.05, 0.1) is 12.6 Å². The van der Waals surface area contributed by atoms with Gasteiger partial charge < -0.3 is 37.2 Å². The maximum Gasteiger partial charge on any atom is 0.328 e. The minimum absolute atomic E-state index is 0.0344. The number of nitrogens with zero attached hydrogens (tertiary/aromatic N) is 1. The standard InChI is InChI=1S/C18H31N5O7/c1-9(2)14(22-15(26)10(19)5-6-13(20)25)17(28)23-7-3-4-12(23)16(27)21-11(8-24)18(29)30/h9-12,14,24H,3-8,19H2,1-2H3,(H2,20,25)(H,21,27)(H,22,26)(H,29,30). The molecule has 1 fully saturated rings. The van der Waals surface area contributed by atoms with Crippen LogP contribution in [-0.4, -0.2) is 82.0 Å². The lowest BCUT2D eigenvalue weighted by Gasteiger charge is -2.31. The first kappa shape index (κ1) is 25.3. The summed E-state index contributed by atoms with van der Waals surface area (Å²) in [5.74, 6) is -4.10. The smallest absolute Gasteiger partial charge is 0.328 e. The van der Waals surface area contributed by atoms with E-state index in [0.29, 0.717) is 12.8 Å². The number of nitrogens with two attached hydrogens (primary N) is 2. The van der Waals surface area contributed by atoms with Crippen LogP contribution in [0, 0.1) is 5.92 Å². The predicted octanol–water partition coefficient (Wildman–Crippen LogP) is -2.73.